The van der Waals surface area contributed by atoms with Crippen LogP contribution < -0.4 is 15.8 Å². The van der Waals surface area contributed by atoms with E-state index < -0.39 is 0 Å². The molecule has 2 aromatic carbocycles. The monoisotopic (exact) mass is 563 g/mol. The van der Waals surface area contributed by atoms with Crippen molar-refractivity contribution in [3.63, 3.8) is 0 Å². The number of nitrogens with zero attached hydrogens (tertiary/aromatic N) is 3. The number of likely N-dealkylation sites (N-methyl/N-ethyl adjacent to an activating group) is 1. The van der Waals surface area contributed by atoms with Crippen LogP contribution in [0.1, 0.15) is 13.8 Å². The number of pyridine rings is 1. The molecule has 0 amide bonds. The molecule has 0 radical (unpaired) electrons. The van der Waals surface area contributed by atoms with Gasteiger partial charge in [0.2, 0.25) is 5.56 Å². The molecule has 206 valence electrons. The zero-order valence-corrected chi connectivity index (χ0v) is 24.4. The summed E-state index contributed by atoms with van der Waals surface area (Å²) in [5.74, 6) is 0. The highest BCUT2D eigenvalue weighted by Crippen LogP contribution is 2.52. The lowest BCUT2D eigenvalue weighted by Gasteiger charge is -2.35. The van der Waals surface area contributed by atoms with E-state index in [9.17, 15) is 4.79 Å². The molecule has 9 heteroatoms. The van der Waals surface area contributed by atoms with Gasteiger partial charge in [-0.2, -0.15) is 0 Å². The zero-order chi connectivity index (χ0) is 26.8. The lowest BCUT2D eigenvalue weighted by Crippen LogP contribution is -2.48. The number of aromatic amines is 1. The number of morpholine rings is 1. The molecule has 3 aliphatic heterocycles. The number of anilines is 2. The summed E-state index contributed by atoms with van der Waals surface area (Å²) in [6, 6.07) is 17.3. The first-order chi connectivity index (χ1) is 19.1. The lowest BCUT2D eigenvalue weighted by atomic mass is 10.1. The number of hydrogen-bond donors (Lipinski definition) is 2. The van der Waals surface area contributed by atoms with Gasteiger partial charge >= 0.3 is 0 Å². The van der Waals surface area contributed by atoms with Crippen LogP contribution in [-0.2, 0) is 4.74 Å². The molecule has 4 heterocycles. The van der Waals surface area contributed by atoms with Gasteiger partial charge in [0.1, 0.15) is 0 Å². The van der Waals surface area contributed by atoms with Crippen molar-refractivity contribution in [2.45, 2.75) is 39.5 Å². The Hall–Kier alpha value is -2.43. The Balaban J connectivity index is 1.17. The van der Waals surface area contributed by atoms with Crippen molar-refractivity contribution in [1.29, 1.82) is 0 Å². The van der Waals surface area contributed by atoms with E-state index in [4.69, 9.17) is 4.74 Å². The molecule has 3 aliphatic rings. The fraction of sp³-hybridized carbons (Fsp3) is 0.433. The molecule has 0 saturated carbocycles. The third-order valence-electron chi connectivity index (χ3n) is 7.71. The average molecular weight is 564 g/mol. The maximum absolute atomic E-state index is 12.6. The highest BCUT2D eigenvalue weighted by molar-refractivity contribution is 8.05. The van der Waals surface area contributed by atoms with Crippen molar-refractivity contribution >= 4 is 34.9 Å². The fourth-order valence-corrected chi connectivity index (χ4v) is 8.00. The van der Waals surface area contributed by atoms with Crippen molar-refractivity contribution in [2.24, 2.45) is 0 Å². The van der Waals surface area contributed by atoms with Crippen molar-refractivity contribution in [2.75, 3.05) is 75.8 Å². The first-order valence-electron chi connectivity index (χ1n) is 14.0. The first-order valence-corrected chi connectivity index (χ1v) is 15.6. The zero-order valence-electron chi connectivity index (χ0n) is 22.7. The van der Waals surface area contributed by atoms with E-state index >= 15 is 0 Å². The standard InChI is InChI=1S/C30H37N5O2S2/c1-3-33-9-11-34(12-10-33)20-21(2)31-22-7-8-26-28(17-22)38-27-6-4-5-24(30(27)39-26)25-18-23(19-29(36)32-25)35-13-15-37-16-14-35/h4-8,17-19,21,31H,3,9-16,20H2,1-2H3,(H,32,36). The number of benzene rings is 2. The quantitative estimate of drug-likeness (QED) is 0.328. The first kappa shape index (κ1) is 26.8. The van der Waals surface area contributed by atoms with Crippen LogP contribution in [0, 0.1) is 0 Å². The second-order valence-electron chi connectivity index (χ2n) is 10.5. The summed E-state index contributed by atoms with van der Waals surface area (Å²) < 4.78 is 5.50. The van der Waals surface area contributed by atoms with Gasteiger partial charge in [0, 0.05) is 94.4 Å². The Morgan fingerprint density at radius 3 is 2.51 bits per heavy atom. The molecule has 0 aliphatic carbocycles. The van der Waals surface area contributed by atoms with E-state index in [0.29, 0.717) is 19.3 Å². The normalized spacial score (nSPS) is 18.9. The summed E-state index contributed by atoms with van der Waals surface area (Å²) in [4.78, 5) is 28.0. The third-order valence-corrected chi connectivity index (χ3v) is 10.3. The number of nitrogens with one attached hydrogen (secondary N) is 2. The van der Waals surface area contributed by atoms with Gasteiger partial charge < -0.3 is 24.8 Å². The topological polar surface area (TPSA) is 63.8 Å². The van der Waals surface area contributed by atoms with Gasteiger partial charge in [0.25, 0.3) is 0 Å². The molecule has 6 rings (SSSR count). The maximum Gasteiger partial charge on any atom is 0.250 e. The molecule has 7 nitrogen and oxygen atoms in total. The molecule has 2 N–H and O–H groups in total. The van der Waals surface area contributed by atoms with Crippen LogP contribution in [0.2, 0.25) is 0 Å². The van der Waals surface area contributed by atoms with Crippen molar-refractivity contribution < 1.29 is 4.74 Å². The van der Waals surface area contributed by atoms with Gasteiger partial charge in [0.05, 0.1) is 18.9 Å². The van der Waals surface area contributed by atoms with Crippen molar-refractivity contribution in [3.8, 4) is 11.3 Å². The molecule has 0 bridgehead atoms. The summed E-state index contributed by atoms with van der Waals surface area (Å²) in [5.41, 5.74) is 3.99. The van der Waals surface area contributed by atoms with Crippen LogP contribution in [-0.4, -0.2) is 86.4 Å². The number of rotatable bonds is 7. The number of hydrogen-bond acceptors (Lipinski definition) is 8. The molecule has 2 saturated heterocycles. The van der Waals surface area contributed by atoms with Gasteiger partial charge in [-0.25, -0.2) is 0 Å². The van der Waals surface area contributed by atoms with Crippen molar-refractivity contribution in [3.05, 3.63) is 58.9 Å². The third kappa shape index (κ3) is 6.18. The van der Waals surface area contributed by atoms with Gasteiger partial charge in [0.15, 0.2) is 0 Å². The van der Waals surface area contributed by atoms with Crippen LogP contribution in [0.25, 0.3) is 11.3 Å². The molecule has 39 heavy (non-hydrogen) atoms. The molecule has 1 unspecified atom stereocenters. The van der Waals surface area contributed by atoms with Crippen LogP contribution in [0.4, 0.5) is 11.4 Å². The second-order valence-corrected chi connectivity index (χ2v) is 12.6. The molecule has 1 aromatic heterocycles. The van der Waals surface area contributed by atoms with E-state index in [-0.39, 0.29) is 5.56 Å². The summed E-state index contributed by atoms with van der Waals surface area (Å²) in [6.07, 6.45) is 0. The Morgan fingerprint density at radius 2 is 1.72 bits per heavy atom. The van der Waals surface area contributed by atoms with E-state index in [1.54, 1.807) is 17.8 Å². The highest BCUT2D eigenvalue weighted by Gasteiger charge is 2.23. The minimum absolute atomic E-state index is 0.0717. The minimum atomic E-state index is -0.0717. The number of aromatic nitrogens is 1. The number of fused-ring (bicyclic) bond motifs is 2. The van der Waals surface area contributed by atoms with E-state index in [0.717, 1.165) is 56.2 Å². The SMILES string of the molecule is CCN1CCN(CC(C)Nc2ccc3c(c2)Sc2cccc(-c4cc(N5CCOCC5)cc(=O)[nH]4)c2S3)CC1. The van der Waals surface area contributed by atoms with Gasteiger partial charge in [-0.05, 0) is 43.8 Å². The Kier molecular flexibility index (Phi) is 8.22. The number of H-pyrrole nitrogens is 1. The number of piperazine rings is 1. The molecular weight excluding hydrogens is 526 g/mol. The van der Waals surface area contributed by atoms with E-state index in [1.807, 2.05) is 11.8 Å². The molecule has 2 fully saturated rings. The van der Waals surface area contributed by atoms with Crippen LogP contribution in [0.15, 0.2) is 72.9 Å². The molecular formula is C30H37N5O2S2. The van der Waals surface area contributed by atoms with Gasteiger partial charge in [-0.1, -0.05) is 42.6 Å². The van der Waals surface area contributed by atoms with Crippen molar-refractivity contribution in [1.82, 2.24) is 14.8 Å². The molecule has 1 atom stereocenters. The maximum atomic E-state index is 12.6. The summed E-state index contributed by atoms with van der Waals surface area (Å²) in [5, 5.41) is 3.74. The largest absolute Gasteiger partial charge is 0.381 e. The summed E-state index contributed by atoms with van der Waals surface area (Å²) in [7, 11) is 0. The van der Waals surface area contributed by atoms with Gasteiger partial charge in [-0.3, -0.25) is 9.69 Å². The average Bonchev–Trinajstić information content (AvgIpc) is 2.96. The fourth-order valence-electron chi connectivity index (χ4n) is 5.59. The predicted octanol–water partition coefficient (Wildman–Crippen LogP) is 4.93. The second kappa shape index (κ2) is 12.0. The summed E-state index contributed by atoms with van der Waals surface area (Å²) >= 11 is 3.60. The van der Waals surface area contributed by atoms with E-state index in [1.165, 1.54) is 38.4 Å². The van der Waals surface area contributed by atoms with Crippen LogP contribution in [0.5, 0.6) is 0 Å². The van der Waals surface area contributed by atoms with Gasteiger partial charge in [-0.15, -0.1) is 0 Å². The highest BCUT2D eigenvalue weighted by atomic mass is 32.2. The molecule has 0 spiro atoms. The number of ether oxygens (including phenoxy) is 1. The smallest absolute Gasteiger partial charge is 0.250 e. The Morgan fingerprint density at radius 1 is 0.923 bits per heavy atom. The van der Waals surface area contributed by atoms with Crippen LogP contribution >= 0.6 is 23.5 Å². The lowest BCUT2D eigenvalue weighted by molar-refractivity contribution is 0.122. The molecule has 3 aromatic rings. The van der Waals surface area contributed by atoms with E-state index in [2.05, 4.69) is 81.3 Å². The van der Waals surface area contributed by atoms with Crippen LogP contribution in [0.3, 0.4) is 0 Å². The Labute approximate surface area is 239 Å². The Bertz CT molecular complexity index is 1370. The minimum Gasteiger partial charge on any atom is -0.381 e. The predicted molar refractivity (Wildman–Crippen MR) is 162 cm³/mol. The summed E-state index contributed by atoms with van der Waals surface area (Å²) in [6.45, 7) is 14.4.